The van der Waals surface area contributed by atoms with Gasteiger partial charge in [0.1, 0.15) is 0 Å². The first-order valence-corrected chi connectivity index (χ1v) is 6.01. The van der Waals surface area contributed by atoms with E-state index in [1.807, 2.05) is 0 Å². The minimum absolute atomic E-state index is 1.23. The van der Waals surface area contributed by atoms with E-state index in [-0.39, 0.29) is 0 Å². The molecule has 0 aliphatic heterocycles. The first-order valence-electron chi connectivity index (χ1n) is 6.01. The lowest BCUT2D eigenvalue weighted by Crippen LogP contribution is -2.09. The Morgan fingerprint density at radius 1 is 1.29 bits per heavy atom. The van der Waals surface area contributed by atoms with Gasteiger partial charge >= 0.3 is 0 Å². The summed E-state index contributed by atoms with van der Waals surface area (Å²) in [6.45, 7) is 5.76. The van der Waals surface area contributed by atoms with Crippen molar-refractivity contribution in [3.63, 3.8) is 0 Å². The van der Waals surface area contributed by atoms with E-state index in [0.29, 0.717) is 0 Å². The summed E-state index contributed by atoms with van der Waals surface area (Å²) in [5.41, 5.74) is 4.75. The Morgan fingerprint density at radius 2 is 2.07 bits per heavy atom. The highest BCUT2D eigenvalue weighted by Crippen LogP contribution is 2.25. The fraction of sp³-hybridized carbons (Fsp3) is 0.692. The Balaban J connectivity index is 2.24. The van der Waals surface area contributed by atoms with Crippen LogP contribution in [-0.2, 0) is 19.4 Å². The molecule has 0 bridgehead atoms. The average Bonchev–Trinajstić information content (AvgIpc) is 2.51. The SMILES string of the molecule is CCCCn1c(C)cc2c1CCCC2. The van der Waals surface area contributed by atoms with Gasteiger partial charge in [0.05, 0.1) is 0 Å². The van der Waals surface area contributed by atoms with Gasteiger partial charge in [-0.3, -0.25) is 0 Å². The number of aryl methyl sites for hydroxylation is 2. The zero-order valence-corrected chi connectivity index (χ0v) is 9.47. The molecule has 1 aliphatic rings. The molecule has 1 heteroatoms. The molecule has 1 aromatic rings. The molecular weight excluding hydrogens is 170 g/mol. The summed E-state index contributed by atoms with van der Waals surface area (Å²) >= 11 is 0. The Kier molecular flexibility index (Phi) is 2.95. The first kappa shape index (κ1) is 9.82. The van der Waals surface area contributed by atoms with E-state index in [1.165, 1.54) is 50.8 Å². The lowest BCUT2D eigenvalue weighted by atomic mass is 9.98. The summed E-state index contributed by atoms with van der Waals surface area (Å²) < 4.78 is 2.55. The number of fused-ring (bicyclic) bond motifs is 1. The fourth-order valence-corrected chi connectivity index (χ4v) is 2.55. The number of rotatable bonds is 3. The second kappa shape index (κ2) is 4.20. The molecule has 2 rings (SSSR count). The fourth-order valence-electron chi connectivity index (χ4n) is 2.55. The van der Waals surface area contributed by atoms with E-state index in [0.717, 1.165) is 0 Å². The molecule has 1 aliphatic carbocycles. The predicted octanol–water partition coefficient (Wildman–Crippen LogP) is 3.48. The van der Waals surface area contributed by atoms with Crippen LogP contribution in [0.2, 0.25) is 0 Å². The highest BCUT2D eigenvalue weighted by molar-refractivity contribution is 5.29. The number of hydrogen-bond donors (Lipinski definition) is 0. The van der Waals surface area contributed by atoms with Crippen molar-refractivity contribution >= 4 is 0 Å². The largest absolute Gasteiger partial charge is 0.349 e. The number of hydrogen-bond acceptors (Lipinski definition) is 0. The molecule has 14 heavy (non-hydrogen) atoms. The van der Waals surface area contributed by atoms with Crippen LogP contribution in [0.5, 0.6) is 0 Å². The number of aromatic nitrogens is 1. The van der Waals surface area contributed by atoms with E-state index in [1.54, 1.807) is 11.3 Å². The molecule has 78 valence electrons. The molecule has 0 N–H and O–H groups in total. The maximum atomic E-state index is 2.55. The molecule has 1 nitrogen and oxygen atoms in total. The number of unbranched alkanes of at least 4 members (excludes halogenated alkanes) is 1. The third-order valence-corrected chi connectivity index (χ3v) is 3.35. The van der Waals surface area contributed by atoms with Gasteiger partial charge in [0.15, 0.2) is 0 Å². The lowest BCUT2D eigenvalue weighted by molar-refractivity contribution is 0.568. The quantitative estimate of drug-likeness (QED) is 0.689. The zero-order chi connectivity index (χ0) is 9.97. The van der Waals surface area contributed by atoms with E-state index < -0.39 is 0 Å². The van der Waals surface area contributed by atoms with Crippen molar-refractivity contribution in [1.82, 2.24) is 4.57 Å². The lowest BCUT2D eigenvalue weighted by Gasteiger charge is -2.16. The minimum atomic E-state index is 1.23. The van der Waals surface area contributed by atoms with Crippen molar-refractivity contribution in [3.8, 4) is 0 Å². The Morgan fingerprint density at radius 3 is 2.86 bits per heavy atom. The summed E-state index contributed by atoms with van der Waals surface area (Å²) in [4.78, 5) is 0. The van der Waals surface area contributed by atoms with Crippen LogP contribution >= 0.6 is 0 Å². The molecular formula is C13H21N. The molecule has 0 saturated carbocycles. The van der Waals surface area contributed by atoms with Crippen LogP contribution in [0.4, 0.5) is 0 Å². The van der Waals surface area contributed by atoms with E-state index in [9.17, 15) is 0 Å². The summed E-state index contributed by atoms with van der Waals surface area (Å²) in [7, 11) is 0. The second-order valence-electron chi connectivity index (χ2n) is 4.47. The van der Waals surface area contributed by atoms with Gasteiger partial charge in [0.25, 0.3) is 0 Å². The van der Waals surface area contributed by atoms with Crippen LogP contribution in [0.3, 0.4) is 0 Å². The highest BCUT2D eigenvalue weighted by Gasteiger charge is 2.15. The molecule has 1 aromatic heterocycles. The van der Waals surface area contributed by atoms with Crippen molar-refractivity contribution in [3.05, 3.63) is 23.0 Å². The van der Waals surface area contributed by atoms with Gasteiger partial charge in [-0.2, -0.15) is 0 Å². The van der Waals surface area contributed by atoms with Gasteiger partial charge in [0, 0.05) is 17.9 Å². The zero-order valence-electron chi connectivity index (χ0n) is 9.47. The number of nitrogens with zero attached hydrogens (tertiary/aromatic N) is 1. The highest BCUT2D eigenvalue weighted by atomic mass is 15.0. The van der Waals surface area contributed by atoms with Crippen LogP contribution in [0.1, 0.15) is 49.6 Å². The third kappa shape index (κ3) is 1.73. The molecule has 0 fully saturated rings. The summed E-state index contributed by atoms with van der Waals surface area (Å²) in [5.74, 6) is 0. The van der Waals surface area contributed by atoms with Crippen molar-refractivity contribution in [2.24, 2.45) is 0 Å². The van der Waals surface area contributed by atoms with Crippen LogP contribution in [0, 0.1) is 6.92 Å². The van der Waals surface area contributed by atoms with Crippen molar-refractivity contribution in [2.45, 2.75) is 58.9 Å². The Labute approximate surface area is 87.1 Å². The summed E-state index contributed by atoms with van der Waals surface area (Å²) in [6, 6.07) is 2.41. The van der Waals surface area contributed by atoms with Crippen LogP contribution in [0.25, 0.3) is 0 Å². The molecule has 0 atom stereocenters. The molecule has 1 heterocycles. The summed E-state index contributed by atoms with van der Waals surface area (Å²) in [5, 5.41) is 0. The second-order valence-corrected chi connectivity index (χ2v) is 4.47. The Bertz CT molecular complexity index is 309. The van der Waals surface area contributed by atoms with Crippen molar-refractivity contribution in [2.75, 3.05) is 0 Å². The molecule has 0 radical (unpaired) electrons. The topological polar surface area (TPSA) is 4.93 Å². The Hall–Kier alpha value is -0.720. The molecule has 0 aromatic carbocycles. The maximum Gasteiger partial charge on any atom is 0.0224 e. The van der Waals surface area contributed by atoms with Gasteiger partial charge in [-0.15, -0.1) is 0 Å². The first-order chi connectivity index (χ1) is 6.83. The molecule has 0 amide bonds. The predicted molar refractivity (Wildman–Crippen MR) is 60.7 cm³/mol. The normalized spacial score (nSPS) is 15.6. The summed E-state index contributed by atoms with van der Waals surface area (Å²) in [6.07, 6.45) is 8.03. The van der Waals surface area contributed by atoms with Crippen molar-refractivity contribution < 1.29 is 0 Å². The molecule has 0 saturated heterocycles. The standard InChI is InChI=1S/C13H21N/c1-3-4-9-14-11(2)10-12-7-5-6-8-13(12)14/h10H,3-9H2,1-2H3. The van der Waals surface area contributed by atoms with Gasteiger partial charge < -0.3 is 4.57 Å². The van der Waals surface area contributed by atoms with Crippen LogP contribution in [0.15, 0.2) is 6.07 Å². The van der Waals surface area contributed by atoms with E-state index in [2.05, 4.69) is 24.5 Å². The molecule has 0 unspecified atom stereocenters. The van der Waals surface area contributed by atoms with Crippen molar-refractivity contribution in [1.29, 1.82) is 0 Å². The van der Waals surface area contributed by atoms with Gasteiger partial charge in [0.2, 0.25) is 0 Å². The third-order valence-electron chi connectivity index (χ3n) is 3.35. The van der Waals surface area contributed by atoms with Crippen LogP contribution in [-0.4, -0.2) is 4.57 Å². The maximum absolute atomic E-state index is 2.55. The smallest absolute Gasteiger partial charge is 0.0224 e. The van der Waals surface area contributed by atoms with Gasteiger partial charge in [-0.05, 0) is 50.7 Å². The van der Waals surface area contributed by atoms with Gasteiger partial charge in [-0.25, -0.2) is 0 Å². The minimum Gasteiger partial charge on any atom is -0.349 e. The van der Waals surface area contributed by atoms with E-state index in [4.69, 9.17) is 0 Å². The monoisotopic (exact) mass is 191 g/mol. The average molecular weight is 191 g/mol. The van der Waals surface area contributed by atoms with Crippen LogP contribution < -0.4 is 0 Å². The van der Waals surface area contributed by atoms with Gasteiger partial charge in [-0.1, -0.05) is 13.3 Å². The van der Waals surface area contributed by atoms with E-state index >= 15 is 0 Å². The molecule has 0 spiro atoms.